The lowest BCUT2D eigenvalue weighted by molar-refractivity contribution is 0.128. The van der Waals surface area contributed by atoms with E-state index in [2.05, 4.69) is 39.9 Å². The van der Waals surface area contributed by atoms with Gasteiger partial charge < -0.3 is 14.9 Å². The number of hydrogen-bond donors (Lipinski definition) is 2. The third kappa shape index (κ3) is 3.81. The lowest BCUT2D eigenvalue weighted by atomic mass is 10.0. The molecule has 1 aromatic heterocycles. The van der Waals surface area contributed by atoms with Gasteiger partial charge in [-0.15, -0.1) is 0 Å². The summed E-state index contributed by atoms with van der Waals surface area (Å²) in [6, 6.07) is 13.7. The highest BCUT2D eigenvalue weighted by atomic mass is 79.9. The molecule has 29 heavy (non-hydrogen) atoms. The molecule has 0 bridgehead atoms. The van der Waals surface area contributed by atoms with Crippen LogP contribution >= 0.6 is 15.9 Å². The minimum absolute atomic E-state index is 0.0781. The fourth-order valence-corrected chi connectivity index (χ4v) is 4.12. The molecule has 5 nitrogen and oxygen atoms in total. The number of aromatic hydroxyl groups is 1. The molecule has 1 aliphatic heterocycles. The average Bonchev–Trinajstić information content (AvgIpc) is 3.24. The van der Waals surface area contributed by atoms with Crippen molar-refractivity contribution in [1.29, 1.82) is 0 Å². The molecule has 0 aliphatic carbocycles. The Morgan fingerprint density at radius 2 is 1.97 bits per heavy atom. The number of aromatic amines is 1. The summed E-state index contributed by atoms with van der Waals surface area (Å²) in [5.41, 5.74) is 4.49. The van der Waals surface area contributed by atoms with Crippen LogP contribution in [0.25, 0.3) is 10.9 Å². The zero-order chi connectivity index (χ0) is 20.4. The van der Waals surface area contributed by atoms with Crippen LogP contribution in [0.15, 0.2) is 57.1 Å². The molecule has 0 atom stereocenters. The summed E-state index contributed by atoms with van der Waals surface area (Å²) in [6.45, 7) is 4.97. The Balaban J connectivity index is 1.72. The molecule has 0 radical (unpaired) electrons. The van der Waals surface area contributed by atoms with Crippen LogP contribution in [0.1, 0.15) is 44.2 Å². The van der Waals surface area contributed by atoms with E-state index < -0.39 is 0 Å². The molecule has 0 fully saturated rings. The second-order valence-corrected chi connectivity index (χ2v) is 8.18. The van der Waals surface area contributed by atoms with E-state index in [1.165, 1.54) is 0 Å². The Labute approximate surface area is 178 Å². The van der Waals surface area contributed by atoms with Gasteiger partial charge in [0.05, 0.1) is 11.3 Å². The number of rotatable bonds is 7. The predicted octanol–water partition coefficient (Wildman–Crippen LogP) is 6.32. The Kier molecular flexibility index (Phi) is 5.72. The van der Waals surface area contributed by atoms with E-state index in [-0.39, 0.29) is 5.88 Å². The number of halogens is 1. The quantitative estimate of drug-likeness (QED) is 0.324. The van der Waals surface area contributed by atoms with E-state index >= 15 is 0 Å². The van der Waals surface area contributed by atoms with E-state index in [9.17, 15) is 5.11 Å². The molecule has 0 saturated heterocycles. The van der Waals surface area contributed by atoms with Crippen LogP contribution in [0.2, 0.25) is 0 Å². The molecule has 0 amide bonds. The van der Waals surface area contributed by atoms with Gasteiger partial charge in [0, 0.05) is 20.9 Å². The van der Waals surface area contributed by atoms with E-state index in [0.29, 0.717) is 29.5 Å². The van der Waals surface area contributed by atoms with Crippen LogP contribution in [0.4, 0.5) is 5.69 Å². The van der Waals surface area contributed by atoms with Gasteiger partial charge in [0.25, 0.3) is 0 Å². The number of oxime groups is 1. The number of hydrogen-bond acceptors (Lipinski definition) is 4. The molecule has 2 heterocycles. The zero-order valence-electron chi connectivity index (χ0n) is 16.6. The number of H-pyrrole nitrogens is 1. The Bertz CT molecular complexity index is 1100. The maximum Gasteiger partial charge on any atom is 0.199 e. The summed E-state index contributed by atoms with van der Waals surface area (Å²) in [6.07, 6.45) is 3.26. The van der Waals surface area contributed by atoms with Gasteiger partial charge in [0.15, 0.2) is 5.88 Å². The van der Waals surface area contributed by atoms with Crippen LogP contribution < -0.4 is 0 Å². The molecule has 0 spiro atoms. The maximum atomic E-state index is 10.6. The fraction of sp³-hybridized carbons (Fsp3) is 0.304. The van der Waals surface area contributed by atoms with E-state index in [1.54, 1.807) is 0 Å². The highest BCUT2D eigenvalue weighted by Crippen LogP contribution is 2.36. The summed E-state index contributed by atoms with van der Waals surface area (Å²) in [5.74, 6) is 0.726. The standard InChI is InChI=1S/C23H24BrN3O2/c1-3-14(4-2)11-12-29-27-21-16-7-5-6-8-18(16)25-22(21)20-17-13-15(24)9-10-19(17)26-23(20)28/h5-10,13-14,26,28H,3-4,11-12H2,1-2H3/b27-21+. The molecule has 2 N–H and O–H groups in total. The molecule has 0 saturated carbocycles. The zero-order valence-corrected chi connectivity index (χ0v) is 18.2. The van der Waals surface area contributed by atoms with Crippen molar-refractivity contribution in [2.75, 3.05) is 6.61 Å². The van der Waals surface area contributed by atoms with Gasteiger partial charge in [0.2, 0.25) is 0 Å². The Morgan fingerprint density at radius 3 is 2.76 bits per heavy atom. The third-order valence-electron chi connectivity index (χ3n) is 5.52. The van der Waals surface area contributed by atoms with Crippen molar-refractivity contribution in [3.63, 3.8) is 0 Å². The fourth-order valence-electron chi connectivity index (χ4n) is 3.76. The molecule has 2 aromatic carbocycles. The second kappa shape index (κ2) is 8.41. The Hall–Kier alpha value is -2.60. The number of benzene rings is 2. The van der Waals surface area contributed by atoms with Gasteiger partial charge in [0.1, 0.15) is 18.0 Å². The van der Waals surface area contributed by atoms with Crippen molar-refractivity contribution >= 4 is 43.9 Å². The van der Waals surface area contributed by atoms with Crippen LogP contribution in [-0.2, 0) is 4.84 Å². The van der Waals surface area contributed by atoms with Crippen molar-refractivity contribution < 1.29 is 9.94 Å². The maximum absolute atomic E-state index is 10.6. The Morgan fingerprint density at radius 1 is 1.17 bits per heavy atom. The molecule has 6 heteroatoms. The van der Waals surface area contributed by atoms with Gasteiger partial charge in [-0.3, -0.25) is 0 Å². The molecular weight excluding hydrogens is 430 g/mol. The molecule has 3 aromatic rings. The van der Waals surface area contributed by atoms with Crippen LogP contribution in [0.3, 0.4) is 0 Å². The van der Waals surface area contributed by atoms with Gasteiger partial charge in [-0.2, -0.15) is 0 Å². The van der Waals surface area contributed by atoms with Crippen LogP contribution in [0, 0.1) is 5.92 Å². The van der Waals surface area contributed by atoms with E-state index in [1.807, 2.05) is 42.5 Å². The number of nitrogens with zero attached hydrogens (tertiary/aromatic N) is 2. The minimum Gasteiger partial charge on any atom is -0.494 e. The summed E-state index contributed by atoms with van der Waals surface area (Å²) in [7, 11) is 0. The van der Waals surface area contributed by atoms with E-state index in [0.717, 1.165) is 45.9 Å². The highest BCUT2D eigenvalue weighted by Gasteiger charge is 2.29. The van der Waals surface area contributed by atoms with Crippen molar-refractivity contribution in [1.82, 2.24) is 4.98 Å². The van der Waals surface area contributed by atoms with E-state index in [4.69, 9.17) is 9.83 Å². The van der Waals surface area contributed by atoms with Crippen molar-refractivity contribution in [2.24, 2.45) is 16.1 Å². The molecular formula is C23H24BrN3O2. The number of nitrogens with one attached hydrogen (secondary N) is 1. The van der Waals surface area contributed by atoms with Gasteiger partial charge in [-0.05, 0) is 36.6 Å². The molecule has 4 rings (SSSR count). The first-order chi connectivity index (χ1) is 14.1. The van der Waals surface area contributed by atoms with Crippen LogP contribution in [0.5, 0.6) is 5.88 Å². The molecule has 1 aliphatic rings. The summed E-state index contributed by atoms with van der Waals surface area (Å²) in [4.78, 5) is 13.5. The largest absolute Gasteiger partial charge is 0.494 e. The summed E-state index contributed by atoms with van der Waals surface area (Å²) < 4.78 is 0.932. The van der Waals surface area contributed by atoms with Gasteiger partial charge in [-0.25, -0.2) is 4.99 Å². The first kappa shape index (κ1) is 19.7. The first-order valence-corrected chi connectivity index (χ1v) is 10.8. The third-order valence-corrected chi connectivity index (χ3v) is 6.01. The molecule has 150 valence electrons. The van der Waals surface area contributed by atoms with Crippen molar-refractivity contribution in [2.45, 2.75) is 33.1 Å². The number of fused-ring (bicyclic) bond motifs is 2. The second-order valence-electron chi connectivity index (χ2n) is 7.26. The lowest BCUT2D eigenvalue weighted by Gasteiger charge is -2.11. The highest BCUT2D eigenvalue weighted by molar-refractivity contribution is 9.10. The number of para-hydroxylation sites is 1. The van der Waals surface area contributed by atoms with Crippen molar-refractivity contribution in [3.05, 3.63) is 58.1 Å². The lowest BCUT2D eigenvalue weighted by Crippen LogP contribution is -2.14. The monoisotopic (exact) mass is 453 g/mol. The number of aliphatic imine (C=N–C) groups is 1. The van der Waals surface area contributed by atoms with Crippen LogP contribution in [-0.4, -0.2) is 28.1 Å². The van der Waals surface area contributed by atoms with Crippen molar-refractivity contribution in [3.8, 4) is 5.88 Å². The summed E-state index contributed by atoms with van der Waals surface area (Å²) in [5, 5.41) is 16.0. The van der Waals surface area contributed by atoms with Gasteiger partial charge >= 0.3 is 0 Å². The SMILES string of the molecule is CCC(CC)CCO/N=C1/C(c2c(O)[nH]c3ccc(Br)cc23)=Nc2ccccc21. The predicted molar refractivity (Wildman–Crippen MR) is 121 cm³/mol. The summed E-state index contributed by atoms with van der Waals surface area (Å²) >= 11 is 3.52. The minimum atomic E-state index is 0.0781. The smallest absolute Gasteiger partial charge is 0.199 e. The topological polar surface area (TPSA) is 70.0 Å². The average molecular weight is 454 g/mol. The molecule has 0 unspecified atom stereocenters. The normalized spacial score (nSPS) is 14.6. The van der Waals surface area contributed by atoms with Gasteiger partial charge in [-0.1, -0.05) is 66.0 Å². The first-order valence-electron chi connectivity index (χ1n) is 10.0. The number of aromatic nitrogens is 1.